The number of aryl methyl sites for hydroxylation is 1. The van der Waals surface area contributed by atoms with Gasteiger partial charge in [-0.05, 0) is 25.1 Å². The standard InChI is InChI=1S/C15H15N3OS2/c1-9-5-12(19-2)7-11(17-9)8-20-15-18-13-4-3-10(16)6-14(13)21-15/h3-7H,8,16H2,1-2H3. The molecule has 108 valence electrons. The first kappa shape index (κ1) is 14.2. The summed E-state index contributed by atoms with van der Waals surface area (Å²) in [5.74, 6) is 1.61. The number of hydrogen-bond donors (Lipinski definition) is 1. The quantitative estimate of drug-likeness (QED) is 0.584. The first-order chi connectivity index (χ1) is 10.1. The average Bonchev–Trinajstić information content (AvgIpc) is 2.86. The summed E-state index contributed by atoms with van der Waals surface area (Å²) in [6.45, 7) is 1.97. The molecule has 0 atom stereocenters. The Morgan fingerprint density at radius 2 is 2.10 bits per heavy atom. The highest BCUT2D eigenvalue weighted by Gasteiger charge is 2.07. The van der Waals surface area contributed by atoms with E-state index in [0.29, 0.717) is 0 Å². The molecule has 2 N–H and O–H groups in total. The van der Waals surface area contributed by atoms with Crippen LogP contribution < -0.4 is 10.5 Å². The molecule has 2 aromatic heterocycles. The topological polar surface area (TPSA) is 61.0 Å². The molecular formula is C15H15N3OS2. The van der Waals surface area contributed by atoms with Gasteiger partial charge in [0.25, 0.3) is 0 Å². The Balaban J connectivity index is 1.78. The molecule has 2 heterocycles. The van der Waals surface area contributed by atoms with Gasteiger partial charge in [0.15, 0.2) is 4.34 Å². The summed E-state index contributed by atoms with van der Waals surface area (Å²) in [5, 5.41) is 0. The number of anilines is 1. The van der Waals surface area contributed by atoms with Crippen LogP contribution in [0.25, 0.3) is 10.2 Å². The highest BCUT2D eigenvalue weighted by Crippen LogP contribution is 2.32. The normalized spacial score (nSPS) is 11.0. The largest absolute Gasteiger partial charge is 0.497 e. The number of thiazole rings is 1. The lowest BCUT2D eigenvalue weighted by Crippen LogP contribution is -1.93. The van der Waals surface area contributed by atoms with Gasteiger partial charge in [0.1, 0.15) is 5.75 Å². The molecule has 21 heavy (non-hydrogen) atoms. The van der Waals surface area contributed by atoms with Crippen LogP contribution in [0, 0.1) is 6.92 Å². The van der Waals surface area contributed by atoms with E-state index in [-0.39, 0.29) is 0 Å². The van der Waals surface area contributed by atoms with Crippen LogP contribution in [0.1, 0.15) is 11.4 Å². The molecule has 0 fully saturated rings. The number of methoxy groups -OCH3 is 1. The van der Waals surface area contributed by atoms with E-state index < -0.39 is 0 Å². The number of fused-ring (bicyclic) bond motifs is 1. The molecule has 0 saturated heterocycles. The maximum Gasteiger partial charge on any atom is 0.151 e. The van der Waals surface area contributed by atoms with E-state index in [9.17, 15) is 0 Å². The van der Waals surface area contributed by atoms with E-state index in [2.05, 4.69) is 9.97 Å². The van der Waals surface area contributed by atoms with Crippen molar-refractivity contribution in [1.29, 1.82) is 0 Å². The van der Waals surface area contributed by atoms with Gasteiger partial charge in [0.05, 0.1) is 23.0 Å². The molecule has 1 aromatic carbocycles. The third-order valence-corrected chi connectivity index (χ3v) is 5.15. The summed E-state index contributed by atoms with van der Waals surface area (Å²) in [7, 11) is 1.67. The number of nitrogens with two attached hydrogens (primary N) is 1. The minimum absolute atomic E-state index is 0.771. The SMILES string of the molecule is COc1cc(C)nc(CSc2nc3ccc(N)cc3s2)c1. The molecule has 3 rings (SSSR count). The summed E-state index contributed by atoms with van der Waals surface area (Å²) < 4.78 is 7.42. The predicted octanol–water partition coefficient (Wildman–Crippen LogP) is 3.88. The number of aromatic nitrogens is 2. The highest BCUT2D eigenvalue weighted by atomic mass is 32.2. The predicted molar refractivity (Wildman–Crippen MR) is 89.1 cm³/mol. The van der Waals surface area contributed by atoms with Crippen LogP contribution >= 0.6 is 23.1 Å². The van der Waals surface area contributed by atoms with E-state index in [4.69, 9.17) is 10.5 Å². The third-order valence-electron chi connectivity index (χ3n) is 2.95. The van der Waals surface area contributed by atoms with Crippen molar-refractivity contribution in [2.75, 3.05) is 12.8 Å². The average molecular weight is 317 g/mol. The molecule has 0 bridgehead atoms. The van der Waals surface area contributed by atoms with Crippen molar-refractivity contribution in [3.8, 4) is 5.75 Å². The van der Waals surface area contributed by atoms with Gasteiger partial charge in [0, 0.05) is 29.3 Å². The summed E-state index contributed by atoms with van der Waals surface area (Å²) in [6.07, 6.45) is 0. The number of pyridine rings is 1. The van der Waals surface area contributed by atoms with Crippen molar-refractivity contribution in [3.05, 3.63) is 41.7 Å². The third kappa shape index (κ3) is 3.28. The number of rotatable bonds is 4. The van der Waals surface area contributed by atoms with Gasteiger partial charge >= 0.3 is 0 Å². The number of nitrogens with zero attached hydrogens (tertiary/aromatic N) is 2. The van der Waals surface area contributed by atoms with Gasteiger partial charge < -0.3 is 10.5 Å². The van der Waals surface area contributed by atoms with Crippen molar-refractivity contribution in [3.63, 3.8) is 0 Å². The monoisotopic (exact) mass is 317 g/mol. The Morgan fingerprint density at radius 1 is 1.24 bits per heavy atom. The fourth-order valence-corrected chi connectivity index (χ4v) is 4.02. The molecule has 0 amide bonds. The lowest BCUT2D eigenvalue weighted by atomic mass is 10.3. The molecule has 6 heteroatoms. The van der Waals surface area contributed by atoms with Crippen LogP contribution in [-0.2, 0) is 5.75 Å². The minimum Gasteiger partial charge on any atom is -0.497 e. The second kappa shape index (κ2) is 5.91. The van der Waals surface area contributed by atoms with Gasteiger partial charge in [-0.1, -0.05) is 11.8 Å². The molecule has 0 aliphatic heterocycles. The summed E-state index contributed by atoms with van der Waals surface area (Å²) >= 11 is 3.34. The van der Waals surface area contributed by atoms with E-state index in [1.54, 1.807) is 30.2 Å². The van der Waals surface area contributed by atoms with Gasteiger partial charge in [-0.3, -0.25) is 4.98 Å². The Bertz CT molecular complexity index is 786. The number of hydrogen-bond acceptors (Lipinski definition) is 6. The highest BCUT2D eigenvalue weighted by molar-refractivity contribution is 8.00. The fourth-order valence-electron chi connectivity index (χ4n) is 2.01. The van der Waals surface area contributed by atoms with Gasteiger partial charge in [-0.2, -0.15) is 0 Å². The number of nitrogen functional groups attached to an aromatic ring is 1. The second-order valence-electron chi connectivity index (χ2n) is 4.64. The molecule has 0 saturated carbocycles. The van der Waals surface area contributed by atoms with Crippen LogP contribution in [0.2, 0.25) is 0 Å². The Kier molecular flexibility index (Phi) is 3.98. The smallest absolute Gasteiger partial charge is 0.151 e. The molecule has 3 aromatic rings. The van der Waals surface area contributed by atoms with E-state index in [0.717, 1.165) is 43.1 Å². The minimum atomic E-state index is 0.771. The lowest BCUT2D eigenvalue weighted by Gasteiger charge is -2.04. The summed E-state index contributed by atoms with van der Waals surface area (Å²) in [5.41, 5.74) is 9.51. The van der Waals surface area contributed by atoms with Gasteiger partial charge in [-0.25, -0.2) is 4.98 Å². The maximum atomic E-state index is 5.79. The van der Waals surface area contributed by atoms with E-state index in [1.165, 1.54) is 0 Å². The number of thioether (sulfide) groups is 1. The zero-order valence-corrected chi connectivity index (χ0v) is 13.4. The van der Waals surface area contributed by atoms with Gasteiger partial charge in [-0.15, -0.1) is 11.3 Å². The molecule has 0 radical (unpaired) electrons. The summed E-state index contributed by atoms with van der Waals surface area (Å²) in [6, 6.07) is 9.69. The molecule has 0 aliphatic rings. The molecule has 4 nitrogen and oxygen atoms in total. The molecule has 0 aliphatic carbocycles. The van der Waals surface area contributed by atoms with Gasteiger partial charge in [0.2, 0.25) is 0 Å². The van der Waals surface area contributed by atoms with E-state index in [1.807, 2.05) is 37.3 Å². The Labute approximate surface area is 131 Å². The molecule has 0 unspecified atom stereocenters. The van der Waals surface area contributed by atoms with Crippen LogP contribution in [0.3, 0.4) is 0 Å². The van der Waals surface area contributed by atoms with Crippen molar-refractivity contribution in [2.45, 2.75) is 17.0 Å². The second-order valence-corrected chi connectivity index (χ2v) is 6.89. The lowest BCUT2D eigenvalue weighted by molar-refractivity contribution is 0.413. The Hall–Kier alpha value is -1.79. The van der Waals surface area contributed by atoms with Crippen LogP contribution in [-0.4, -0.2) is 17.1 Å². The number of benzene rings is 1. The molecular weight excluding hydrogens is 302 g/mol. The zero-order valence-electron chi connectivity index (χ0n) is 11.8. The van der Waals surface area contributed by atoms with Crippen molar-refractivity contribution < 1.29 is 4.74 Å². The van der Waals surface area contributed by atoms with Crippen LogP contribution in [0.5, 0.6) is 5.75 Å². The zero-order chi connectivity index (χ0) is 14.8. The number of ether oxygens (including phenoxy) is 1. The van der Waals surface area contributed by atoms with E-state index >= 15 is 0 Å². The maximum absolute atomic E-state index is 5.79. The van der Waals surface area contributed by atoms with Crippen molar-refractivity contribution in [1.82, 2.24) is 9.97 Å². The Morgan fingerprint density at radius 3 is 2.90 bits per heavy atom. The van der Waals surface area contributed by atoms with Crippen molar-refractivity contribution >= 4 is 39.0 Å². The first-order valence-electron chi connectivity index (χ1n) is 6.44. The summed E-state index contributed by atoms with van der Waals surface area (Å²) in [4.78, 5) is 9.12. The van der Waals surface area contributed by atoms with Crippen molar-refractivity contribution in [2.24, 2.45) is 0 Å². The molecule has 0 spiro atoms. The van der Waals surface area contributed by atoms with Crippen LogP contribution in [0.15, 0.2) is 34.7 Å². The fraction of sp³-hybridized carbons (Fsp3) is 0.200. The first-order valence-corrected chi connectivity index (χ1v) is 8.24. The van der Waals surface area contributed by atoms with Crippen LogP contribution in [0.4, 0.5) is 5.69 Å².